The van der Waals surface area contributed by atoms with Crippen molar-refractivity contribution < 1.29 is 4.92 Å². The van der Waals surface area contributed by atoms with Crippen LogP contribution in [0.1, 0.15) is 0 Å². The van der Waals surface area contributed by atoms with Gasteiger partial charge in [0.15, 0.2) is 0 Å². The topological polar surface area (TPSA) is 43.1 Å². The Morgan fingerprint density at radius 1 is 1.20 bits per heavy atom. The second kappa shape index (κ2) is 6.16. The number of rotatable bonds is 1. The van der Waals surface area contributed by atoms with Gasteiger partial charge < -0.3 is 0 Å². The van der Waals surface area contributed by atoms with Crippen molar-refractivity contribution in [3.05, 3.63) is 62.3 Å². The molecule has 0 spiro atoms. The third-order valence-electron chi connectivity index (χ3n) is 1.45. The van der Waals surface area contributed by atoms with Crippen molar-refractivity contribution >= 4 is 28.6 Å². The Balaban J connectivity index is 0.000000151. The molecule has 2 rings (SSSR count). The number of halogens is 1. The molecule has 0 unspecified atom stereocenters. The smallest absolute Gasteiger partial charge is 0.258 e. The summed E-state index contributed by atoms with van der Waals surface area (Å²) in [6.07, 6.45) is 0. The molecule has 0 aliphatic carbocycles. The normalized spacial score (nSPS) is 8.87. The molecule has 0 amide bonds. The molecule has 0 saturated heterocycles. The first-order valence-corrected chi connectivity index (χ1v) is 5.39. The summed E-state index contributed by atoms with van der Waals surface area (Å²) in [6.45, 7) is 0. The van der Waals surface area contributed by atoms with Crippen LogP contribution >= 0.6 is 22.9 Å². The van der Waals surface area contributed by atoms with Gasteiger partial charge in [-0.2, -0.15) is 0 Å². The Kier molecular flexibility index (Phi) is 4.80. The highest BCUT2D eigenvalue weighted by atomic mass is 35.5. The van der Waals surface area contributed by atoms with Crippen LogP contribution in [0.3, 0.4) is 0 Å². The first-order chi connectivity index (χ1) is 7.20. The maximum atomic E-state index is 9.87. The Hall–Kier alpha value is -1.39. The van der Waals surface area contributed by atoms with E-state index in [1.54, 1.807) is 5.38 Å². The van der Waals surface area contributed by atoms with E-state index in [0.29, 0.717) is 0 Å². The number of thiophene rings is 1. The predicted molar refractivity (Wildman–Crippen MR) is 62.4 cm³/mol. The average molecular weight is 242 g/mol. The molecule has 78 valence electrons. The van der Waals surface area contributed by atoms with Crippen LogP contribution in [0.2, 0.25) is 5.02 Å². The fourth-order valence-corrected chi connectivity index (χ4v) is 1.52. The van der Waals surface area contributed by atoms with Crippen LogP contribution in [0.4, 0.5) is 5.69 Å². The van der Waals surface area contributed by atoms with Crippen molar-refractivity contribution in [3.63, 3.8) is 0 Å². The van der Waals surface area contributed by atoms with Crippen LogP contribution in [-0.2, 0) is 0 Å². The van der Waals surface area contributed by atoms with E-state index in [2.05, 4.69) is 0 Å². The molecule has 3 nitrogen and oxygen atoms in total. The highest BCUT2D eigenvalue weighted by Crippen LogP contribution is 2.13. The van der Waals surface area contributed by atoms with E-state index < -0.39 is 4.92 Å². The quantitative estimate of drug-likeness (QED) is 0.560. The summed E-state index contributed by atoms with van der Waals surface area (Å²) < 4.78 is 0. The fraction of sp³-hybridized carbons (Fsp3) is 0. The average Bonchev–Trinajstić information content (AvgIpc) is 2.72. The molecule has 0 N–H and O–H groups in total. The maximum Gasteiger partial charge on any atom is 0.280 e. The molecule has 1 aromatic carbocycles. The zero-order chi connectivity index (χ0) is 11.1. The van der Waals surface area contributed by atoms with Crippen molar-refractivity contribution in [2.75, 3.05) is 0 Å². The number of benzene rings is 1. The van der Waals surface area contributed by atoms with Crippen molar-refractivity contribution in [1.82, 2.24) is 0 Å². The lowest BCUT2D eigenvalue weighted by molar-refractivity contribution is -0.384. The van der Waals surface area contributed by atoms with Gasteiger partial charge in [-0.3, -0.25) is 10.1 Å². The summed E-state index contributed by atoms with van der Waals surface area (Å²) in [5.41, 5.74) is 0.176. The minimum absolute atomic E-state index is 0.176. The summed E-state index contributed by atoms with van der Waals surface area (Å²) in [7, 11) is 0. The monoisotopic (exact) mass is 241 g/mol. The minimum Gasteiger partial charge on any atom is -0.258 e. The van der Waals surface area contributed by atoms with Crippen molar-refractivity contribution in [3.8, 4) is 0 Å². The van der Waals surface area contributed by atoms with Gasteiger partial charge in [0.2, 0.25) is 0 Å². The van der Waals surface area contributed by atoms with Crippen molar-refractivity contribution in [1.29, 1.82) is 0 Å². The molecular formula is C10H8ClNO2S. The zero-order valence-electron chi connectivity index (χ0n) is 7.67. The lowest BCUT2D eigenvalue weighted by Gasteiger charge is -1.80. The molecule has 0 radical (unpaired) electrons. The highest BCUT2D eigenvalue weighted by Gasteiger charge is 2.00. The molecular weight excluding hydrogens is 234 g/mol. The van der Waals surface area contributed by atoms with Gasteiger partial charge in [-0.25, -0.2) is 0 Å². The van der Waals surface area contributed by atoms with Crippen molar-refractivity contribution in [2.45, 2.75) is 0 Å². The molecule has 1 aromatic heterocycles. The Morgan fingerprint density at radius 2 is 1.87 bits per heavy atom. The van der Waals surface area contributed by atoms with Gasteiger partial charge in [0.05, 0.1) is 10.3 Å². The fourth-order valence-electron chi connectivity index (χ4n) is 0.776. The van der Waals surface area contributed by atoms with E-state index in [1.807, 2.05) is 30.3 Å². The van der Waals surface area contributed by atoms with Gasteiger partial charge in [-0.05, 0) is 17.5 Å². The van der Waals surface area contributed by atoms with Gasteiger partial charge in [0.25, 0.3) is 5.69 Å². The van der Waals surface area contributed by atoms with Crippen LogP contribution < -0.4 is 0 Å². The summed E-state index contributed by atoms with van der Waals surface area (Å²) >= 11 is 6.87. The molecule has 0 aliphatic rings. The highest BCUT2D eigenvalue weighted by molar-refractivity contribution is 7.08. The Labute approximate surface area is 96.1 Å². The SMILES string of the molecule is Clc1ccccc1.O=[N+]([O-])c1ccsc1. The van der Waals surface area contributed by atoms with Crippen LogP contribution in [0, 0.1) is 10.1 Å². The van der Waals surface area contributed by atoms with Gasteiger partial charge in [0.1, 0.15) is 0 Å². The number of nitrogens with zero attached hydrogens (tertiary/aromatic N) is 1. The lowest BCUT2D eigenvalue weighted by atomic mass is 10.4. The first-order valence-electron chi connectivity index (χ1n) is 4.07. The van der Waals surface area contributed by atoms with E-state index in [9.17, 15) is 10.1 Å². The summed E-state index contributed by atoms with van der Waals surface area (Å²) in [5.74, 6) is 0. The number of nitro groups is 1. The first kappa shape index (κ1) is 11.7. The molecule has 5 heteroatoms. The molecule has 1 heterocycles. The lowest BCUT2D eigenvalue weighted by Crippen LogP contribution is -1.81. The third kappa shape index (κ3) is 4.58. The number of hydrogen-bond donors (Lipinski definition) is 0. The van der Waals surface area contributed by atoms with Crippen molar-refractivity contribution in [2.24, 2.45) is 0 Å². The summed E-state index contributed by atoms with van der Waals surface area (Å²) in [4.78, 5) is 9.47. The number of hydrogen-bond acceptors (Lipinski definition) is 3. The van der Waals surface area contributed by atoms with E-state index in [-0.39, 0.29) is 5.69 Å². The largest absolute Gasteiger partial charge is 0.280 e. The summed E-state index contributed by atoms with van der Waals surface area (Å²) in [5, 5.41) is 13.8. The Morgan fingerprint density at radius 3 is 2.13 bits per heavy atom. The van der Waals surface area contributed by atoms with Crippen LogP contribution in [0.15, 0.2) is 47.2 Å². The van der Waals surface area contributed by atoms with Crippen LogP contribution in [0.25, 0.3) is 0 Å². The summed E-state index contributed by atoms with van der Waals surface area (Å²) in [6, 6.07) is 10.9. The standard InChI is InChI=1S/C6H5Cl.C4H3NO2S/c7-6-4-2-1-3-5-6;6-5(7)4-1-2-8-3-4/h1-5H;1-3H. The third-order valence-corrected chi connectivity index (χ3v) is 2.37. The minimum atomic E-state index is -0.406. The second-order valence-electron chi connectivity index (χ2n) is 2.53. The molecule has 0 fully saturated rings. The van der Waals surface area contributed by atoms with Gasteiger partial charge in [-0.1, -0.05) is 29.8 Å². The van der Waals surface area contributed by atoms with Gasteiger partial charge >= 0.3 is 0 Å². The molecule has 2 aromatic rings. The van der Waals surface area contributed by atoms with E-state index in [4.69, 9.17) is 11.6 Å². The van der Waals surface area contributed by atoms with Gasteiger partial charge in [-0.15, -0.1) is 11.3 Å². The molecule has 15 heavy (non-hydrogen) atoms. The van der Waals surface area contributed by atoms with E-state index in [0.717, 1.165) is 5.02 Å². The molecule has 0 saturated carbocycles. The van der Waals surface area contributed by atoms with E-state index >= 15 is 0 Å². The zero-order valence-corrected chi connectivity index (χ0v) is 9.24. The molecule has 0 bridgehead atoms. The molecule has 0 aliphatic heterocycles. The van der Waals surface area contributed by atoms with E-state index in [1.165, 1.54) is 22.8 Å². The predicted octanol–water partition coefficient (Wildman–Crippen LogP) is 4.00. The molecule has 0 atom stereocenters. The maximum absolute atomic E-state index is 9.87. The van der Waals surface area contributed by atoms with Gasteiger partial charge in [0, 0.05) is 11.1 Å². The van der Waals surface area contributed by atoms with Crippen LogP contribution in [-0.4, -0.2) is 4.92 Å². The van der Waals surface area contributed by atoms with Crippen LogP contribution in [0.5, 0.6) is 0 Å². The Bertz CT molecular complexity index is 403. The second-order valence-corrected chi connectivity index (χ2v) is 3.75.